The van der Waals surface area contributed by atoms with E-state index < -0.39 is 0 Å². The van der Waals surface area contributed by atoms with Gasteiger partial charge in [0.15, 0.2) is 0 Å². The number of amides is 2. The van der Waals surface area contributed by atoms with Gasteiger partial charge in [0.05, 0.1) is 22.4 Å². The Labute approximate surface area is 174 Å². The van der Waals surface area contributed by atoms with Crippen molar-refractivity contribution in [3.8, 4) is 0 Å². The molecule has 1 saturated heterocycles. The Morgan fingerprint density at radius 3 is 2.30 bits per heavy atom. The minimum atomic E-state index is -0.187. The van der Waals surface area contributed by atoms with Crippen molar-refractivity contribution >= 4 is 34.2 Å². The van der Waals surface area contributed by atoms with Crippen LogP contribution in [0.5, 0.6) is 0 Å². The van der Waals surface area contributed by atoms with E-state index in [0.29, 0.717) is 31.7 Å². The highest BCUT2D eigenvalue weighted by atomic mass is 16.2. The van der Waals surface area contributed by atoms with Crippen molar-refractivity contribution in [3.05, 3.63) is 59.0 Å². The summed E-state index contributed by atoms with van der Waals surface area (Å²) in [7, 11) is 0. The van der Waals surface area contributed by atoms with Crippen LogP contribution in [-0.4, -0.2) is 27.5 Å². The smallest absolute Gasteiger partial charge is 0.324 e. The van der Waals surface area contributed by atoms with Crippen LogP contribution in [0.25, 0.3) is 11.0 Å². The number of imidazole rings is 1. The number of benzene rings is 2. The molecule has 0 radical (unpaired) electrons. The van der Waals surface area contributed by atoms with Crippen molar-refractivity contribution in [1.29, 1.82) is 0 Å². The van der Waals surface area contributed by atoms with E-state index in [1.807, 2.05) is 49.4 Å². The van der Waals surface area contributed by atoms with Crippen molar-refractivity contribution in [2.75, 3.05) is 16.8 Å². The molecule has 3 aromatic rings. The van der Waals surface area contributed by atoms with Gasteiger partial charge in [0.2, 0.25) is 11.8 Å². The molecule has 0 aliphatic carbocycles. The molecule has 1 aromatic heterocycles. The zero-order valence-electron chi connectivity index (χ0n) is 17.1. The average Bonchev–Trinajstić information content (AvgIpc) is 3.29. The fourth-order valence-corrected chi connectivity index (χ4v) is 4.07. The Bertz CT molecular complexity index is 1140. The average molecular weight is 406 g/mol. The van der Waals surface area contributed by atoms with E-state index >= 15 is 0 Å². The number of aryl methyl sites for hydroxylation is 2. The summed E-state index contributed by atoms with van der Waals surface area (Å²) in [5.74, 6) is -0.111. The highest BCUT2D eigenvalue weighted by Gasteiger charge is 2.24. The molecule has 7 heteroatoms. The zero-order valence-corrected chi connectivity index (χ0v) is 17.1. The number of anilines is 2. The maximum Gasteiger partial charge on any atom is 0.329 e. The number of fused-ring (bicyclic) bond motifs is 1. The third kappa shape index (κ3) is 3.75. The van der Waals surface area contributed by atoms with E-state index in [0.717, 1.165) is 29.6 Å². The topological polar surface area (TPSA) is 76.3 Å². The van der Waals surface area contributed by atoms with Gasteiger partial charge in [0, 0.05) is 32.5 Å². The quantitative estimate of drug-likeness (QED) is 0.654. The normalized spacial score (nSPS) is 13.9. The van der Waals surface area contributed by atoms with Gasteiger partial charge in [0.25, 0.3) is 0 Å². The molecule has 4 rings (SSSR count). The van der Waals surface area contributed by atoms with Crippen LogP contribution >= 0.6 is 0 Å². The van der Waals surface area contributed by atoms with Crippen LogP contribution in [0.1, 0.15) is 32.6 Å². The van der Waals surface area contributed by atoms with Crippen LogP contribution in [0.2, 0.25) is 0 Å². The number of rotatable bonds is 7. The molecule has 0 atom stereocenters. The lowest BCUT2D eigenvalue weighted by atomic mass is 10.2. The Morgan fingerprint density at radius 1 is 0.967 bits per heavy atom. The van der Waals surface area contributed by atoms with E-state index in [4.69, 9.17) is 0 Å². The number of nitrogens with one attached hydrogen (secondary N) is 1. The van der Waals surface area contributed by atoms with Crippen molar-refractivity contribution in [3.63, 3.8) is 0 Å². The summed E-state index contributed by atoms with van der Waals surface area (Å²) < 4.78 is 3.43. The molecule has 156 valence electrons. The Hall–Kier alpha value is -3.35. The Kier molecular flexibility index (Phi) is 5.70. The van der Waals surface area contributed by atoms with E-state index in [1.165, 1.54) is 0 Å². The first-order valence-electron chi connectivity index (χ1n) is 10.5. The monoisotopic (exact) mass is 406 g/mol. The molecule has 7 nitrogen and oxygen atoms in total. The molecule has 1 N–H and O–H groups in total. The Morgan fingerprint density at radius 2 is 1.63 bits per heavy atom. The van der Waals surface area contributed by atoms with Crippen molar-refractivity contribution < 1.29 is 9.59 Å². The second-order valence-electron chi connectivity index (χ2n) is 7.54. The second kappa shape index (κ2) is 8.57. The Balaban J connectivity index is 1.51. The van der Waals surface area contributed by atoms with Gasteiger partial charge in [-0.25, -0.2) is 4.79 Å². The summed E-state index contributed by atoms with van der Waals surface area (Å²) in [5, 5.41) is 2.92. The van der Waals surface area contributed by atoms with Gasteiger partial charge in [-0.05, 0) is 37.1 Å². The lowest BCUT2D eigenvalue weighted by Gasteiger charge is -2.20. The molecule has 0 saturated carbocycles. The predicted molar refractivity (Wildman–Crippen MR) is 118 cm³/mol. The molecular weight excluding hydrogens is 380 g/mol. The highest BCUT2D eigenvalue weighted by molar-refractivity contribution is 6.02. The largest absolute Gasteiger partial charge is 0.329 e. The molecule has 2 amide bonds. The van der Waals surface area contributed by atoms with Crippen LogP contribution in [0, 0.1) is 0 Å². The number of hydrogen-bond acceptors (Lipinski definition) is 3. The lowest BCUT2D eigenvalue weighted by molar-refractivity contribution is -0.117. The maximum absolute atomic E-state index is 12.9. The van der Waals surface area contributed by atoms with Gasteiger partial charge in [-0.15, -0.1) is 0 Å². The highest BCUT2D eigenvalue weighted by Crippen LogP contribution is 2.29. The molecule has 2 aromatic carbocycles. The zero-order chi connectivity index (χ0) is 21.1. The number of carbonyl (C=O) groups excluding carboxylic acids is 2. The summed E-state index contributed by atoms with van der Waals surface area (Å²) in [6.07, 6.45) is 2.39. The van der Waals surface area contributed by atoms with E-state index in [-0.39, 0.29) is 23.9 Å². The summed E-state index contributed by atoms with van der Waals surface area (Å²) in [6, 6.07) is 15.0. The molecule has 1 aliphatic heterocycles. The SMILES string of the molecule is CCCn1c(=O)n(CCC(=O)Nc2ccccc2N2CCCC2=O)c2ccccc21. The number of carbonyl (C=O) groups is 2. The standard InChI is InChI=1S/C23H26N4O3/c1-2-14-26-19-10-5-6-11-20(19)27(23(26)30)16-13-21(28)24-17-8-3-4-9-18(17)25-15-7-12-22(25)29/h3-6,8-11H,2,7,12-16H2,1H3,(H,24,28). The molecule has 0 bridgehead atoms. The van der Waals surface area contributed by atoms with Gasteiger partial charge in [0.1, 0.15) is 0 Å². The maximum atomic E-state index is 12.9. The van der Waals surface area contributed by atoms with E-state index in [2.05, 4.69) is 5.32 Å². The van der Waals surface area contributed by atoms with Crippen LogP contribution < -0.4 is 15.9 Å². The summed E-state index contributed by atoms with van der Waals surface area (Å²) >= 11 is 0. The van der Waals surface area contributed by atoms with Crippen LogP contribution in [0.4, 0.5) is 11.4 Å². The summed E-state index contributed by atoms with van der Waals surface area (Å²) in [4.78, 5) is 39.4. The molecule has 30 heavy (non-hydrogen) atoms. The van der Waals surface area contributed by atoms with Crippen LogP contribution in [0.3, 0.4) is 0 Å². The van der Waals surface area contributed by atoms with E-state index in [1.54, 1.807) is 20.1 Å². The molecule has 1 aliphatic rings. The number of para-hydroxylation sites is 4. The third-order valence-electron chi connectivity index (χ3n) is 5.48. The fraction of sp³-hybridized carbons (Fsp3) is 0.348. The van der Waals surface area contributed by atoms with Crippen LogP contribution in [0.15, 0.2) is 53.3 Å². The first-order chi connectivity index (χ1) is 14.6. The van der Waals surface area contributed by atoms with Gasteiger partial charge in [-0.3, -0.25) is 18.7 Å². The minimum absolute atomic E-state index is 0.0759. The van der Waals surface area contributed by atoms with E-state index in [9.17, 15) is 14.4 Å². The first kappa shape index (κ1) is 19.9. The fourth-order valence-electron chi connectivity index (χ4n) is 4.07. The molecule has 0 spiro atoms. The molecular formula is C23H26N4O3. The minimum Gasteiger partial charge on any atom is -0.324 e. The number of nitrogens with zero attached hydrogens (tertiary/aromatic N) is 3. The van der Waals surface area contributed by atoms with Gasteiger partial charge in [-0.2, -0.15) is 0 Å². The van der Waals surface area contributed by atoms with Gasteiger partial charge in [-0.1, -0.05) is 31.2 Å². The second-order valence-corrected chi connectivity index (χ2v) is 7.54. The summed E-state index contributed by atoms with van der Waals surface area (Å²) in [6.45, 7) is 3.65. The van der Waals surface area contributed by atoms with Gasteiger partial charge < -0.3 is 10.2 Å². The molecule has 1 fully saturated rings. The lowest BCUT2D eigenvalue weighted by Crippen LogP contribution is -2.27. The van der Waals surface area contributed by atoms with Crippen molar-refractivity contribution in [2.45, 2.75) is 45.7 Å². The van der Waals surface area contributed by atoms with Crippen molar-refractivity contribution in [1.82, 2.24) is 9.13 Å². The first-order valence-corrected chi connectivity index (χ1v) is 10.5. The molecule has 0 unspecified atom stereocenters. The number of aromatic nitrogens is 2. The number of hydrogen-bond donors (Lipinski definition) is 1. The summed E-state index contributed by atoms with van der Waals surface area (Å²) in [5.41, 5.74) is 2.99. The molecule has 2 heterocycles. The van der Waals surface area contributed by atoms with Gasteiger partial charge >= 0.3 is 5.69 Å². The van der Waals surface area contributed by atoms with Crippen LogP contribution in [-0.2, 0) is 22.7 Å². The predicted octanol–water partition coefficient (Wildman–Crippen LogP) is 3.37. The third-order valence-corrected chi connectivity index (χ3v) is 5.48. The van der Waals surface area contributed by atoms with Crippen molar-refractivity contribution in [2.24, 2.45) is 0 Å².